The van der Waals surface area contributed by atoms with Crippen LogP contribution < -0.4 is 15.2 Å². The molecule has 0 aliphatic carbocycles. The highest BCUT2D eigenvalue weighted by molar-refractivity contribution is 7.93. The number of nitrogens with zero attached hydrogens (tertiary/aromatic N) is 1. The Balaban J connectivity index is 1.74. The average molecular weight is 461 g/mol. The Morgan fingerprint density at radius 1 is 1.06 bits per heavy atom. The molecule has 3 rings (SSSR count). The van der Waals surface area contributed by atoms with Crippen LogP contribution >= 0.6 is 0 Å². The molecule has 8 heteroatoms. The van der Waals surface area contributed by atoms with E-state index in [0.29, 0.717) is 23.7 Å². The van der Waals surface area contributed by atoms with Gasteiger partial charge in [-0.15, -0.1) is 0 Å². The number of carbonyl (C=O) groups is 1. The molecular formula is C24H32N2O5S. The van der Waals surface area contributed by atoms with Gasteiger partial charge in [-0.3, -0.25) is 9.69 Å². The lowest BCUT2D eigenvalue weighted by Gasteiger charge is -2.27. The van der Waals surface area contributed by atoms with Crippen molar-refractivity contribution in [3.05, 3.63) is 54.1 Å². The first-order chi connectivity index (χ1) is 15.3. The molecule has 174 valence electrons. The second-order valence-corrected chi connectivity index (χ2v) is 10.7. The van der Waals surface area contributed by atoms with Crippen LogP contribution in [0.5, 0.6) is 11.5 Å². The van der Waals surface area contributed by atoms with Crippen molar-refractivity contribution in [1.82, 2.24) is 4.90 Å². The molecule has 1 saturated heterocycles. The van der Waals surface area contributed by atoms with Gasteiger partial charge in [0.15, 0.2) is 14.6 Å². The lowest BCUT2D eigenvalue weighted by Crippen LogP contribution is -2.49. The quantitative estimate of drug-likeness (QED) is 0.585. The van der Waals surface area contributed by atoms with E-state index in [1.54, 1.807) is 30.3 Å². The molecule has 2 aromatic carbocycles. The summed E-state index contributed by atoms with van der Waals surface area (Å²) in [4.78, 5) is 14.8. The van der Waals surface area contributed by atoms with Crippen LogP contribution in [-0.2, 0) is 21.1 Å². The van der Waals surface area contributed by atoms with Gasteiger partial charge in [0.25, 0.3) is 0 Å². The fraction of sp³-hybridized carbons (Fsp3) is 0.458. The van der Waals surface area contributed by atoms with E-state index >= 15 is 0 Å². The van der Waals surface area contributed by atoms with Crippen LogP contribution in [0.4, 0.5) is 0 Å². The molecule has 1 amide bonds. The zero-order valence-electron chi connectivity index (χ0n) is 18.7. The van der Waals surface area contributed by atoms with Crippen molar-refractivity contribution in [2.24, 2.45) is 5.73 Å². The topological polar surface area (TPSA) is 98.9 Å². The predicted octanol–water partition coefficient (Wildman–Crippen LogP) is 2.82. The van der Waals surface area contributed by atoms with E-state index in [-0.39, 0.29) is 11.3 Å². The zero-order valence-corrected chi connectivity index (χ0v) is 19.6. The molecule has 0 radical (unpaired) electrons. The molecule has 2 aromatic rings. The van der Waals surface area contributed by atoms with Crippen molar-refractivity contribution in [3.63, 3.8) is 0 Å². The number of benzene rings is 2. The minimum atomic E-state index is -4.04. The van der Waals surface area contributed by atoms with Gasteiger partial charge < -0.3 is 15.2 Å². The second kappa shape index (κ2) is 10.4. The number of piperidine rings is 1. The van der Waals surface area contributed by atoms with E-state index in [0.717, 1.165) is 19.6 Å². The van der Waals surface area contributed by atoms with E-state index < -0.39 is 20.5 Å². The minimum absolute atomic E-state index is 0.0218. The molecule has 1 aliphatic heterocycles. The second-order valence-electron chi connectivity index (χ2n) is 8.35. The zero-order chi connectivity index (χ0) is 23.2. The van der Waals surface area contributed by atoms with Gasteiger partial charge in [-0.25, -0.2) is 8.42 Å². The van der Waals surface area contributed by atoms with E-state index in [2.05, 4.69) is 4.90 Å². The standard InChI is InChI=1S/C24H32N2O5S/c1-24(23(25)27,32(28,29)22-11-9-20(30-2)10-12-22)18-19-7-6-8-21(17-19)31-16-15-26-13-4-3-5-14-26/h6-12,17H,3-5,13-16,18H2,1-2H3,(H2,25,27). The first-order valence-electron chi connectivity index (χ1n) is 10.9. The van der Waals surface area contributed by atoms with Gasteiger partial charge in [-0.05, 0) is 74.8 Å². The third-order valence-electron chi connectivity index (χ3n) is 6.05. The normalized spacial score (nSPS) is 16.8. The number of nitrogens with two attached hydrogens (primary N) is 1. The Morgan fingerprint density at radius 3 is 2.38 bits per heavy atom. The van der Waals surface area contributed by atoms with Crippen molar-refractivity contribution >= 4 is 15.7 Å². The largest absolute Gasteiger partial charge is 0.497 e. The third kappa shape index (κ3) is 5.42. The number of likely N-dealkylation sites (tertiary alicyclic amines) is 1. The maximum absolute atomic E-state index is 13.4. The van der Waals surface area contributed by atoms with Crippen molar-refractivity contribution < 1.29 is 22.7 Å². The summed E-state index contributed by atoms with van der Waals surface area (Å²) < 4.78 is 35.9. The van der Waals surface area contributed by atoms with E-state index in [4.69, 9.17) is 15.2 Å². The molecule has 2 N–H and O–H groups in total. The number of primary amides is 1. The van der Waals surface area contributed by atoms with E-state index in [1.165, 1.54) is 45.4 Å². The van der Waals surface area contributed by atoms with Gasteiger partial charge in [0.1, 0.15) is 18.1 Å². The molecule has 32 heavy (non-hydrogen) atoms. The molecule has 7 nitrogen and oxygen atoms in total. The lowest BCUT2D eigenvalue weighted by molar-refractivity contribution is -0.120. The summed E-state index contributed by atoms with van der Waals surface area (Å²) >= 11 is 0. The Labute approximate surface area is 190 Å². The molecule has 0 bridgehead atoms. The van der Waals surface area contributed by atoms with Gasteiger partial charge in [0, 0.05) is 13.0 Å². The number of carbonyl (C=O) groups excluding carboxylic acids is 1. The molecule has 1 atom stereocenters. The third-order valence-corrected chi connectivity index (χ3v) is 8.47. The number of hydrogen-bond donors (Lipinski definition) is 1. The van der Waals surface area contributed by atoms with Crippen LogP contribution in [0.1, 0.15) is 31.7 Å². The van der Waals surface area contributed by atoms with Crippen LogP contribution in [0.15, 0.2) is 53.4 Å². The molecule has 1 fully saturated rings. The van der Waals surface area contributed by atoms with Crippen molar-refractivity contribution in [2.45, 2.75) is 42.2 Å². The maximum Gasteiger partial charge on any atom is 0.239 e. The summed E-state index contributed by atoms with van der Waals surface area (Å²) in [5.41, 5.74) is 6.29. The number of amides is 1. The van der Waals surface area contributed by atoms with Gasteiger partial charge in [0.05, 0.1) is 12.0 Å². The van der Waals surface area contributed by atoms with Crippen LogP contribution in [-0.4, -0.2) is 57.3 Å². The summed E-state index contributed by atoms with van der Waals surface area (Å²) in [6, 6.07) is 13.1. The monoisotopic (exact) mass is 460 g/mol. The predicted molar refractivity (Wildman–Crippen MR) is 124 cm³/mol. The van der Waals surface area contributed by atoms with Gasteiger partial charge >= 0.3 is 0 Å². The fourth-order valence-corrected chi connectivity index (χ4v) is 5.58. The summed E-state index contributed by atoms with van der Waals surface area (Å²) in [6.45, 7) is 4.99. The molecule has 1 unspecified atom stereocenters. The van der Waals surface area contributed by atoms with E-state index in [9.17, 15) is 13.2 Å². The molecular weight excluding hydrogens is 428 g/mol. The Morgan fingerprint density at radius 2 is 1.75 bits per heavy atom. The Kier molecular flexibility index (Phi) is 7.79. The first kappa shape index (κ1) is 24.1. The van der Waals surface area contributed by atoms with Gasteiger partial charge in [-0.2, -0.15) is 0 Å². The molecule has 0 saturated carbocycles. The molecule has 0 aromatic heterocycles. The Hall–Kier alpha value is -2.58. The summed E-state index contributed by atoms with van der Waals surface area (Å²) in [6.07, 6.45) is 3.69. The average Bonchev–Trinajstić information content (AvgIpc) is 2.80. The van der Waals surface area contributed by atoms with E-state index in [1.807, 2.05) is 6.07 Å². The van der Waals surface area contributed by atoms with Crippen LogP contribution in [0.25, 0.3) is 0 Å². The number of methoxy groups -OCH3 is 1. The molecule has 1 aliphatic rings. The van der Waals surface area contributed by atoms with Crippen LogP contribution in [0.3, 0.4) is 0 Å². The highest BCUT2D eigenvalue weighted by Crippen LogP contribution is 2.31. The highest BCUT2D eigenvalue weighted by Gasteiger charge is 2.46. The van der Waals surface area contributed by atoms with Crippen LogP contribution in [0, 0.1) is 0 Å². The van der Waals surface area contributed by atoms with Crippen molar-refractivity contribution in [3.8, 4) is 11.5 Å². The summed E-state index contributed by atoms with van der Waals surface area (Å²) in [7, 11) is -2.55. The number of hydrogen-bond acceptors (Lipinski definition) is 6. The van der Waals surface area contributed by atoms with Crippen molar-refractivity contribution in [1.29, 1.82) is 0 Å². The first-order valence-corrected chi connectivity index (χ1v) is 12.4. The number of rotatable bonds is 10. The van der Waals surface area contributed by atoms with Gasteiger partial charge in [-0.1, -0.05) is 18.6 Å². The van der Waals surface area contributed by atoms with Crippen LogP contribution in [0.2, 0.25) is 0 Å². The lowest BCUT2D eigenvalue weighted by atomic mass is 9.99. The smallest absolute Gasteiger partial charge is 0.239 e. The Bertz CT molecular complexity index is 1020. The number of sulfone groups is 1. The van der Waals surface area contributed by atoms with Crippen molar-refractivity contribution in [2.75, 3.05) is 33.4 Å². The fourth-order valence-electron chi connectivity index (χ4n) is 3.94. The molecule has 0 spiro atoms. The maximum atomic E-state index is 13.4. The molecule has 1 heterocycles. The minimum Gasteiger partial charge on any atom is -0.497 e. The summed E-state index contributed by atoms with van der Waals surface area (Å²) in [5, 5.41) is 0. The number of ether oxygens (including phenoxy) is 2. The summed E-state index contributed by atoms with van der Waals surface area (Å²) in [5.74, 6) is 0.275. The van der Waals surface area contributed by atoms with Gasteiger partial charge in [0.2, 0.25) is 5.91 Å². The highest BCUT2D eigenvalue weighted by atomic mass is 32.2. The SMILES string of the molecule is COc1ccc(S(=O)(=O)C(C)(Cc2cccc(OCCN3CCCCC3)c2)C(N)=O)cc1.